The second-order valence-electron chi connectivity index (χ2n) is 5.16. The smallest absolute Gasteiger partial charge is 0.229 e. The lowest BCUT2D eigenvalue weighted by atomic mass is 10.2. The van der Waals surface area contributed by atoms with Crippen LogP contribution in [0.25, 0.3) is 0 Å². The zero-order valence-corrected chi connectivity index (χ0v) is 11.2. The van der Waals surface area contributed by atoms with Crippen molar-refractivity contribution in [1.82, 2.24) is 5.32 Å². The summed E-state index contributed by atoms with van der Waals surface area (Å²) in [6.07, 6.45) is 2.34. The molecule has 1 saturated heterocycles. The second-order valence-corrected chi connectivity index (χ2v) is 5.60. The number of amides is 2. The Labute approximate surface area is 116 Å². The van der Waals surface area contributed by atoms with Gasteiger partial charge in [-0.2, -0.15) is 0 Å². The van der Waals surface area contributed by atoms with Crippen LogP contribution < -0.4 is 10.2 Å². The molecule has 1 heterocycles. The number of hydrogen-bond acceptors (Lipinski definition) is 2. The molecule has 0 spiro atoms. The maximum atomic E-state index is 12.0. The number of carbonyl (C=O) groups is 2. The maximum absolute atomic E-state index is 12.0. The molecule has 1 saturated carbocycles. The van der Waals surface area contributed by atoms with Crippen molar-refractivity contribution in [2.24, 2.45) is 5.92 Å². The minimum absolute atomic E-state index is 0.0448. The first kappa shape index (κ1) is 12.5. The largest absolute Gasteiger partial charge is 0.351 e. The van der Waals surface area contributed by atoms with Gasteiger partial charge < -0.3 is 10.2 Å². The monoisotopic (exact) mass is 278 g/mol. The van der Waals surface area contributed by atoms with Crippen LogP contribution in [0.3, 0.4) is 0 Å². The van der Waals surface area contributed by atoms with E-state index in [0.29, 0.717) is 18.0 Å². The first-order valence-corrected chi connectivity index (χ1v) is 6.87. The van der Waals surface area contributed by atoms with Crippen molar-refractivity contribution in [1.29, 1.82) is 0 Å². The molecule has 0 bridgehead atoms. The van der Waals surface area contributed by atoms with E-state index < -0.39 is 0 Å². The van der Waals surface area contributed by atoms with Crippen LogP contribution in [0.1, 0.15) is 19.3 Å². The van der Waals surface area contributed by atoms with Crippen LogP contribution in [0, 0.1) is 5.92 Å². The summed E-state index contributed by atoms with van der Waals surface area (Å²) < 4.78 is 0. The molecule has 1 aromatic carbocycles. The first-order valence-electron chi connectivity index (χ1n) is 6.50. The van der Waals surface area contributed by atoms with E-state index in [4.69, 9.17) is 11.6 Å². The topological polar surface area (TPSA) is 49.4 Å². The summed E-state index contributed by atoms with van der Waals surface area (Å²) in [5, 5.41) is 3.60. The van der Waals surface area contributed by atoms with Crippen LogP contribution >= 0.6 is 11.6 Å². The third-order valence-electron chi connectivity index (χ3n) is 3.56. The number of carbonyl (C=O) groups excluding carboxylic acids is 2. The Balaban J connectivity index is 1.65. The van der Waals surface area contributed by atoms with Crippen molar-refractivity contribution in [2.75, 3.05) is 11.4 Å². The fraction of sp³-hybridized carbons (Fsp3) is 0.429. The molecule has 1 aliphatic carbocycles. The van der Waals surface area contributed by atoms with Crippen LogP contribution in [-0.2, 0) is 9.59 Å². The van der Waals surface area contributed by atoms with E-state index in [0.717, 1.165) is 18.5 Å². The van der Waals surface area contributed by atoms with Gasteiger partial charge in [-0.1, -0.05) is 11.6 Å². The molecule has 3 rings (SSSR count). The van der Waals surface area contributed by atoms with E-state index in [1.54, 1.807) is 17.0 Å². The molecule has 5 heteroatoms. The molecule has 0 unspecified atom stereocenters. The average molecular weight is 279 g/mol. The van der Waals surface area contributed by atoms with Gasteiger partial charge in [0.15, 0.2) is 0 Å². The van der Waals surface area contributed by atoms with Crippen LogP contribution in [0.15, 0.2) is 24.3 Å². The van der Waals surface area contributed by atoms with E-state index in [1.165, 1.54) is 0 Å². The lowest BCUT2D eigenvalue weighted by molar-refractivity contribution is -0.122. The molecule has 1 aliphatic heterocycles. The molecular weight excluding hydrogens is 264 g/mol. The quantitative estimate of drug-likeness (QED) is 0.919. The highest BCUT2D eigenvalue weighted by Gasteiger charge is 2.35. The molecule has 19 heavy (non-hydrogen) atoms. The fourth-order valence-corrected chi connectivity index (χ4v) is 2.47. The summed E-state index contributed by atoms with van der Waals surface area (Å²) in [6, 6.07) is 7.10. The van der Waals surface area contributed by atoms with Gasteiger partial charge in [-0.05, 0) is 37.1 Å². The van der Waals surface area contributed by atoms with Gasteiger partial charge in [0.1, 0.15) is 0 Å². The van der Waals surface area contributed by atoms with Crippen LogP contribution in [0.4, 0.5) is 5.69 Å². The predicted molar refractivity (Wildman–Crippen MR) is 73.1 cm³/mol. The van der Waals surface area contributed by atoms with Gasteiger partial charge in [-0.3, -0.25) is 9.59 Å². The van der Waals surface area contributed by atoms with Gasteiger partial charge in [0.25, 0.3) is 0 Å². The Kier molecular flexibility index (Phi) is 3.19. The molecule has 0 aromatic heterocycles. The SMILES string of the molecule is O=C(N[C@@H]1CC(=O)N(c2ccc(Cl)cc2)C1)C1CC1. The number of anilines is 1. The lowest BCUT2D eigenvalue weighted by Crippen LogP contribution is -2.37. The molecule has 1 N–H and O–H groups in total. The molecule has 100 valence electrons. The van der Waals surface area contributed by atoms with Gasteiger partial charge in [0.2, 0.25) is 11.8 Å². The Morgan fingerprint density at radius 3 is 2.58 bits per heavy atom. The fourth-order valence-electron chi connectivity index (χ4n) is 2.34. The summed E-state index contributed by atoms with van der Waals surface area (Å²) in [5.74, 6) is 0.318. The minimum Gasteiger partial charge on any atom is -0.351 e. The second kappa shape index (κ2) is 4.85. The Bertz CT molecular complexity index is 511. The zero-order chi connectivity index (χ0) is 13.4. The highest BCUT2D eigenvalue weighted by atomic mass is 35.5. The molecule has 0 radical (unpaired) electrons. The predicted octanol–water partition coefficient (Wildman–Crippen LogP) is 1.97. The van der Waals surface area contributed by atoms with Crippen molar-refractivity contribution in [3.05, 3.63) is 29.3 Å². The van der Waals surface area contributed by atoms with Gasteiger partial charge in [0.05, 0.1) is 6.04 Å². The Hall–Kier alpha value is -1.55. The van der Waals surface area contributed by atoms with Gasteiger partial charge in [0, 0.05) is 29.6 Å². The van der Waals surface area contributed by atoms with Crippen LogP contribution in [0.2, 0.25) is 5.02 Å². The standard InChI is InChI=1S/C14H15ClN2O2/c15-10-3-5-12(6-4-10)17-8-11(7-13(17)18)16-14(19)9-1-2-9/h3-6,9,11H,1-2,7-8H2,(H,16,19)/t11-/m1/s1. The number of rotatable bonds is 3. The zero-order valence-electron chi connectivity index (χ0n) is 10.4. The molecule has 2 fully saturated rings. The minimum atomic E-state index is -0.0729. The molecule has 1 aromatic rings. The van der Waals surface area contributed by atoms with Crippen molar-refractivity contribution >= 4 is 29.1 Å². The molecule has 2 aliphatic rings. The van der Waals surface area contributed by atoms with Crippen molar-refractivity contribution in [2.45, 2.75) is 25.3 Å². The third-order valence-corrected chi connectivity index (χ3v) is 3.81. The number of halogens is 1. The average Bonchev–Trinajstić information content (AvgIpc) is 3.16. The maximum Gasteiger partial charge on any atom is 0.229 e. The van der Waals surface area contributed by atoms with Gasteiger partial charge in [-0.25, -0.2) is 0 Å². The van der Waals surface area contributed by atoms with E-state index in [1.807, 2.05) is 12.1 Å². The van der Waals surface area contributed by atoms with Crippen LogP contribution in [0.5, 0.6) is 0 Å². The summed E-state index contributed by atoms with van der Waals surface area (Å²) in [6.45, 7) is 0.541. The first-order chi connectivity index (χ1) is 9.13. The molecular formula is C14H15ClN2O2. The van der Waals surface area contributed by atoms with Gasteiger partial charge >= 0.3 is 0 Å². The third kappa shape index (κ3) is 2.73. The summed E-state index contributed by atoms with van der Waals surface area (Å²) in [4.78, 5) is 25.4. The summed E-state index contributed by atoms with van der Waals surface area (Å²) in [7, 11) is 0. The van der Waals surface area contributed by atoms with Crippen LogP contribution in [-0.4, -0.2) is 24.4 Å². The number of nitrogens with zero attached hydrogens (tertiary/aromatic N) is 1. The number of benzene rings is 1. The van der Waals surface area contributed by atoms with E-state index in [2.05, 4.69) is 5.32 Å². The van der Waals surface area contributed by atoms with Crippen molar-refractivity contribution in [3.63, 3.8) is 0 Å². The molecule has 2 amide bonds. The van der Waals surface area contributed by atoms with Crippen molar-refractivity contribution in [3.8, 4) is 0 Å². The lowest BCUT2D eigenvalue weighted by Gasteiger charge is -2.17. The highest BCUT2D eigenvalue weighted by molar-refractivity contribution is 6.30. The molecule has 4 nitrogen and oxygen atoms in total. The summed E-state index contributed by atoms with van der Waals surface area (Å²) in [5.41, 5.74) is 0.831. The van der Waals surface area contributed by atoms with Crippen molar-refractivity contribution < 1.29 is 9.59 Å². The van der Waals surface area contributed by atoms with E-state index >= 15 is 0 Å². The Morgan fingerprint density at radius 2 is 1.95 bits per heavy atom. The highest BCUT2D eigenvalue weighted by Crippen LogP contribution is 2.30. The van der Waals surface area contributed by atoms with E-state index in [-0.39, 0.29) is 23.8 Å². The normalized spacial score (nSPS) is 22.7. The van der Waals surface area contributed by atoms with E-state index in [9.17, 15) is 9.59 Å². The van der Waals surface area contributed by atoms with Gasteiger partial charge in [-0.15, -0.1) is 0 Å². The number of hydrogen-bond donors (Lipinski definition) is 1. The summed E-state index contributed by atoms with van der Waals surface area (Å²) >= 11 is 5.83. The Morgan fingerprint density at radius 1 is 1.26 bits per heavy atom. The molecule has 1 atom stereocenters. The number of nitrogens with one attached hydrogen (secondary N) is 1.